The number of hydrogen-bond acceptors (Lipinski definition) is 2. The number of anilines is 1. The second kappa shape index (κ2) is 6.40. The van der Waals surface area contributed by atoms with Crippen LogP contribution in [0.15, 0.2) is 24.3 Å². The fraction of sp³-hybridized carbons (Fsp3) is 0.588. The van der Waals surface area contributed by atoms with Crippen LogP contribution < -0.4 is 10.2 Å². The molecule has 1 heterocycles. The van der Waals surface area contributed by atoms with Gasteiger partial charge < -0.3 is 10.2 Å². The van der Waals surface area contributed by atoms with Crippen molar-refractivity contribution in [1.82, 2.24) is 5.32 Å². The summed E-state index contributed by atoms with van der Waals surface area (Å²) in [5.41, 5.74) is 2.44. The molecule has 0 aromatic heterocycles. The van der Waals surface area contributed by atoms with E-state index in [1.165, 1.54) is 31.2 Å². The normalized spacial score (nSPS) is 19.1. The minimum atomic E-state index is 0.266. The number of hydrogen-bond donors (Lipinski definition) is 1. The van der Waals surface area contributed by atoms with Crippen LogP contribution in [-0.2, 0) is 11.2 Å². The van der Waals surface area contributed by atoms with E-state index in [1.807, 2.05) is 11.0 Å². The van der Waals surface area contributed by atoms with E-state index >= 15 is 0 Å². The molecule has 0 bridgehead atoms. The van der Waals surface area contributed by atoms with Crippen molar-refractivity contribution in [3.8, 4) is 0 Å². The number of para-hydroxylation sites is 1. The van der Waals surface area contributed by atoms with Crippen molar-refractivity contribution in [3.63, 3.8) is 0 Å². The molecule has 3 nitrogen and oxygen atoms in total. The van der Waals surface area contributed by atoms with Crippen molar-refractivity contribution in [2.75, 3.05) is 18.0 Å². The molecule has 1 aliphatic carbocycles. The summed E-state index contributed by atoms with van der Waals surface area (Å²) in [5, 5.41) is 3.53. The Balaban J connectivity index is 1.55. The van der Waals surface area contributed by atoms with E-state index < -0.39 is 0 Å². The third-order valence-electron chi connectivity index (χ3n) is 4.54. The van der Waals surface area contributed by atoms with Crippen molar-refractivity contribution in [3.05, 3.63) is 29.8 Å². The number of fused-ring (bicyclic) bond motifs is 1. The van der Waals surface area contributed by atoms with Gasteiger partial charge in [-0.3, -0.25) is 4.79 Å². The van der Waals surface area contributed by atoms with Gasteiger partial charge in [-0.15, -0.1) is 0 Å². The van der Waals surface area contributed by atoms with Gasteiger partial charge >= 0.3 is 0 Å². The first-order valence-electron chi connectivity index (χ1n) is 7.96. The Morgan fingerprint density at radius 2 is 2.00 bits per heavy atom. The van der Waals surface area contributed by atoms with Crippen LogP contribution >= 0.6 is 0 Å². The molecule has 1 N–H and O–H groups in total. The summed E-state index contributed by atoms with van der Waals surface area (Å²) in [6.45, 7) is 1.70. The standard InChI is InChI=1S/C17H24N2O/c20-17(11-12-18-15-8-2-3-9-15)19-13-5-7-14-6-1-4-10-16(14)19/h1,4,6,10,15,18H,2-3,5,7-9,11-13H2. The molecular formula is C17H24N2O. The fourth-order valence-electron chi connectivity index (χ4n) is 3.44. The van der Waals surface area contributed by atoms with Crippen LogP contribution in [0, 0.1) is 0 Å². The van der Waals surface area contributed by atoms with E-state index in [1.54, 1.807) is 0 Å². The maximum Gasteiger partial charge on any atom is 0.228 e. The summed E-state index contributed by atoms with van der Waals surface area (Å²) in [6, 6.07) is 8.97. The SMILES string of the molecule is O=C(CCNC1CCCC1)N1CCCc2ccccc21. The molecule has 1 aromatic rings. The molecule has 3 heteroatoms. The number of carbonyl (C=O) groups excluding carboxylic acids is 1. The minimum Gasteiger partial charge on any atom is -0.313 e. The van der Waals surface area contributed by atoms with Crippen LogP contribution in [0.25, 0.3) is 0 Å². The van der Waals surface area contributed by atoms with Gasteiger partial charge in [-0.05, 0) is 37.3 Å². The maximum absolute atomic E-state index is 12.4. The Morgan fingerprint density at radius 1 is 1.20 bits per heavy atom. The molecule has 1 aliphatic heterocycles. The first kappa shape index (κ1) is 13.6. The quantitative estimate of drug-likeness (QED) is 0.914. The lowest BCUT2D eigenvalue weighted by Gasteiger charge is -2.29. The van der Waals surface area contributed by atoms with Crippen LogP contribution in [0.5, 0.6) is 0 Å². The fourth-order valence-corrected chi connectivity index (χ4v) is 3.44. The third kappa shape index (κ3) is 3.04. The summed E-state index contributed by atoms with van der Waals surface area (Å²) in [6.07, 6.45) is 8.03. The lowest BCUT2D eigenvalue weighted by molar-refractivity contribution is -0.118. The predicted molar refractivity (Wildman–Crippen MR) is 82.0 cm³/mol. The molecule has 108 valence electrons. The Morgan fingerprint density at radius 3 is 2.85 bits per heavy atom. The number of carbonyl (C=O) groups is 1. The van der Waals surface area contributed by atoms with Crippen molar-refractivity contribution in [2.45, 2.75) is 51.0 Å². The van der Waals surface area contributed by atoms with Gasteiger partial charge in [0.25, 0.3) is 0 Å². The molecule has 1 amide bonds. The van der Waals surface area contributed by atoms with Crippen molar-refractivity contribution in [2.24, 2.45) is 0 Å². The Labute approximate surface area is 121 Å². The highest BCUT2D eigenvalue weighted by molar-refractivity contribution is 5.94. The highest BCUT2D eigenvalue weighted by Crippen LogP contribution is 2.27. The van der Waals surface area contributed by atoms with Crippen LogP contribution in [0.1, 0.15) is 44.1 Å². The first-order valence-corrected chi connectivity index (χ1v) is 7.96. The molecular weight excluding hydrogens is 248 g/mol. The number of aryl methyl sites for hydroxylation is 1. The monoisotopic (exact) mass is 272 g/mol. The number of nitrogens with one attached hydrogen (secondary N) is 1. The summed E-state index contributed by atoms with van der Waals surface area (Å²) in [7, 11) is 0. The molecule has 0 saturated heterocycles. The molecule has 0 unspecified atom stereocenters. The van der Waals surface area contributed by atoms with Crippen molar-refractivity contribution >= 4 is 11.6 Å². The molecule has 20 heavy (non-hydrogen) atoms. The zero-order valence-corrected chi connectivity index (χ0v) is 12.1. The zero-order valence-electron chi connectivity index (χ0n) is 12.1. The molecule has 0 radical (unpaired) electrons. The Kier molecular flexibility index (Phi) is 4.36. The van der Waals surface area contributed by atoms with Crippen molar-refractivity contribution < 1.29 is 4.79 Å². The van der Waals surface area contributed by atoms with E-state index in [4.69, 9.17) is 0 Å². The predicted octanol–water partition coefficient (Wildman–Crippen LogP) is 2.89. The molecule has 2 aliphatic rings. The largest absolute Gasteiger partial charge is 0.313 e. The van der Waals surface area contributed by atoms with Gasteiger partial charge in [0, 0.05) is 31.2 Å². The lowest BCUT2D eigenvalue weighted by atomic mass is 10.0. The van der Waals surface area contributed by atoms with Gasteiger partial charge in [0.15, 0.2) is 0 Å². The Bertz CT molecular complexity index is 466. The number of benzene rings is 1. The highest BCUT2D eigenvalue weighted by atomic mass is 16.2. The minimum absolute atomic E-state index is 0.266. The van der Waals surface area contributed by atoms with Gasteiger partial charge in [-0.2, -0.15) is 0 Å². The zero-order chi connectivity index (χ0) is 13.8. The highest BCUT2D eigenvalue weighted by Gasteiger charge is 2.22. The van der Waals surface area contributed by atoms with Gasteiger partial charge in [0.2, 0.25) is 5.91 Å². The smallest absolute Gasteiger partial charge is 0.228 e. The van der Waals surface area contributed by atoms with Crippen LogP contribution in [0.4, 0.5) is 5.69 Å². The topological polar surface area (TPSA) is 32.3 Å². The Hall–Kier alpha value is -1.35. The van der Waals surface area contributed by atoms with Gasteiger partial charge in [-0.25, -0.2) is 0 Å². The second-order valence-corrected chi connectivity index (χ2v) is 5.96. The lowest BCUT2D eigenvalue weighted by Crippen LogP contribution is -2.38. The van der Waals surface area contributed by atoms with Crippen molar-refractivity contribution in [1.29, 1.82) is 0 Å². The average molecular weight is 272 g/mol. The van der Waals surface area contributed by atoms with Crippen LogP contribution in [0.3, 0.4) is 0 Å². The van der Waals surface area contributed by atoms with Gasteiger partial charge in [0.05, 0.1) is 0 Å². The van der Waals surface area contributed by atoms with Crippen LogP contribution in [0.2, 0.25) is 0 Å². The number of nitrogens with zero attached hydrogens (tertiary/aromatic N) is 1. The summed E-state index contributed by atoms with van der Waals surface area (Å²) in [4.78, 5) is 14.4. The van der Waals surface area contributed by atoms with E-state index in [2.05, 4.69) is 23.5 Å². The van der Waals surface area contributed by atoms with E-state index in [0.29, 0.717) is 12.5 Å². The summed E-state index contributed by atoms with van der Waals surface area (Å²) < 4.78 is 0. The first-order chi connectivity index (χ1) is 9.84. The average Bonchev–Trinajstić information content (AvgIpc) is 3.00. The van der Waals surface area contributed by atoms with E-state index in [0.717, 1.165) is 31.6 Å². The molecule has 1 fully saturated rings. The third-order valence-corrected chi connectivity index (χ3v) is 4.54. The molecule has 0 atom stereocenters. The molecule has 1 saturated carbocycles. The molecule has 3 rings (SSSR count). The van der Waals surface area contributed by atoms with Crippen LogP contribution in [-0.4, -0.2) is 25.0 Å². The van der Waals surface area contributed by atoms with E-state index in [9.17, 15) is 4.79 Å². The molecule has 0 spiro atoms. The molecule has 1 aromatic carbocycles. The second-order valence-electron chi connectivity index (χ2n) is 5.96. The number of rotatable bonds is 4. The van der Waals surface area contributed by atoms with Gasteiger partial charge in [-0.1, -0.05) is 31.0 Å². The summed E-state index contributed by atoms with van der Waals surface area (Å²) >= 11 is 0. The summed E-state index contributed by atoms with van der Waals surface area (Å²) in [5.74, 6) is 0.266. The van der Waals surface area contributed by atoms with E-state index in [-0.39, 0.29) is 5.91 Å². The van der Waals surface area contributed by atoms with Gasteiger partial charge in [0.1, 0.15) is 0 Å². The number of amides is 1. The maximum atomic E-state index is 12.4.